The molecule has 1 aromatic rings. The van der Waals surface area contributed by atoms with Crippen molar-refractivity contribution in [3.63, 3.8) is 0 Å². The first kappa shape index (κ1) is 16.9. The Bertz CT molecular complexity index is 367. The van der Waals surface area contributed by atoms with Crippen molar-refractivity contribution in [2.45, 2.75) is 45.7 Å². The minimum absolute atomic E-state index is 0. The van der Waals surface area contributed by atoms with E-state index in [0.29, 0.717) is 12.0 Å². The number of hydrogen-bond acceptors (Lipinski definition) is 4. The average molecular weight is 304 g/mol. The normalized spacial score (nSPS) is 20.5. The Labute approximate surface area is 127 Å². The van der Waals surface area contributed by atoms with Crippen molar-refractivity contribution in [1.82, 2.24) is 15.2 Å². The Morgan fingerprint density at radius 3 is 3.00 bits per heavy atom. The third-order valence-electron chi connectivity index (χ3n) is 3.48. The third-order valence-corrected chi connectivity index (χ3v) is 4.48. The summed E-state index contributed by atoms with van der Waals surface area (Å²) in [6.45, 7) is 7.99. The molecule has 0 saturated carbocycles. The highest BCUT2D eigenvalue weighted by Crippen LogP contribution is 2.20. The van der Waals surface area contributed by atoms with E-state index in [1.165, 1.54) is 35.8 Å². The van der Waals surface area contributed by atoms with Crippen LogP contribution >= 0.6 is 23.7 Å². The van der Waals surface area contributed by atoms with E-state index in [1.807, 2.05) is 11.3 Å². The summed E-state index contributed by atoms with van der Waals surface area (Å²) in [5.74, 6) is 0.702. The number of thiazole rings is 1. The van der Waals surface area contributed by atoms with Gasteiger partial charge in [0, 0.05) is 36.6 Å². The van der Waals surface area contributed by atoms with Crippen LogP contribution in [0.5, 0.6) is 0 Å². The number of nitrogens with one attached hydrogen (secondary N) is 1. The standard InChI is InChI=1S/C14H25N3S.ClH/c1-11(2)7-14-16-8-13(18-14)10-17-6-4-5-12(9-17)15-3;/h8,11-12,15H,4-7,9-10H2,1-3H3;1H. The van der Waals surface area contributed by atoms with Gasteiger partial charge in [0.1, 0.15) is 0 Å². The molecule has 2 heterocycles. The zero-order chi connectivity index (χ0) is 13.0. The van der Waals surface area contributed by atoms with Crippen LogP contribution in [0.2, 0.25) is 0 Å². The number of rotatable bonds is 5. The maximum absolute atomic E-state index is 4.54. The molecule has 0 aromatic carbocycles. The Hall–Kier alpha value is -0.160. The lowest BCUT2D eigenvalue weighted by atomic mass is 10.1. The Kier molecular flexibility index (Phi) is 7.29. The van der Waals surface area contributed by atoms with E-state index in [1.54, 1.807) is 0 Å². The monoisotopic (exact) mass is 303 g/mol. The zero-order valence-electron chi connectivity index (χ0n) is 12.2. The molecule has 5 heteroatoms. The summed E-state index contributed by atoms with van der Waals surface area (Å²) in [7, 11) is 2.07. The molecule has 1 aliphatic rings. The molecule has 1 saturated heterocycles. The molecule has 19 heavy (non-hydrogen) atoms. The first-order valence-corrected chi connectivity index (χ1v) is 7.82. The smallest absolute Gasteiger partial charge is 0.0930 e. The second kappa shape index (κ2) is 8.20. The topological polar surface area (TPSA) is 28.2 Å². The molecule has 1 unspecified atom stereocenters. The molecule has 1 aliphatic heterocycles. The first-order valence-electron chi connectivity index (χ1n) is 7.00. The van der Waals surface area contributed by atoms with E-state index in [-0.39, 0.29) is 12.4 Å². The van der Waals surface area contributed by atoms with Gasteiger partial charge in [0.15, 0.2) is 0 Å². The molecule has 0 radical (unpaired) electrons. The van der Waals surface area contributed by atoms with Gasteiger partial charge in [-0.1, -0.05) is 13.8 Å². The van der Waals surface area contributed by atoms with Crippen molar-refractivity contribution in [3.05, 3.63) is 16.1 Å². The van der Waals surface area contributed by atoms with Crippen LogP contribution in [0.3, 0.4) is 0 Å². The van der Waals surface area contributed by atoms with Gasteiger partial charge < -0.3 is 5.32 Å². The fourth-order valence-corrected chi connectivity index (χ4v) is 3.70. The van der Waals surface area contributed by atoms with Gasteiger partial charge in [0.25, 0.3) is 0 Å². The number of hydrogen-bond donors (Lipinski definition) is 1. The Morgan fingerprint density at radius 1 is 1.53 bits per heavy atom. The van der Waals surface area contributed by atoms with E-state index >= 15 is 0 Å². The van der Waals surface area contributed by atoms with Gasteiger partial charge in [-0.15, -0.1) is 23.7 Å². The fourth-order valence-electron chi connectivity index (χ4n) is 2.52. The largest absolute Gasteiger partial charge is 0.316 e. The molecule has 1 aromatic heterocycles. The molecular formula is C14H26ClN3S. The highest BCUT2D eigenvalue weighted by atomic mass is 35.5. The van der Waals surface area contributed by atoms with Crippen molar-refractivity contribution in [2.24, 2.45) is 5.92 Å². The molecule has 0 spiro atoms. The van der Waals surface area contributed by atoms with Crippen molar-refractivity contribution in [2.75, 3.05) is 20.1 Å². The van der Waals surface area contributed by atoms with Crippen LogP contribution in [0.15, 0.2) is 6.20 Å². The van der Waals surface area contributed by atoms with E-state index in [4.69, 9.17) is 0 Å². The molecule has 0 amide bonds. The van der Waals surface area contributed by atoms with Gasteiger partial charge in [-0.25, -0.2) is 4.98 Å². The minimum atomic E-state index is 0. The number of halogens is 1. The zero-order valence-corrected chi connectivity index (χ0v) is 13.8. The van der Waals surface area contributed by atoms with Crippen LogP contribution in [-0.4, -0.2) is 36.1 Å². The summed E-state index contributed by atoms with van der Waals surface area (Å²) in [5.41, 5.74) is 0. The summed E-state index contributed by atoms with van der Waals surface area (Å²) in [6.07, 6.45) is 5.81. The van der Waals surface area contributed by atoms with E-state index in [9.17, 15) is 0 Å². The van der Waals surface area contributed by atoms with Crippen molar-refractivity contribution >= 4 is 23.7 Å². The number of aromatic nitrogens is 1. The SMILES string of the molecule is CNC1CCCN(Cc2cnc(CC(C)C)s2)C1.Cl. The molecular weight excluding hydrogens is 278 g/mol. The predicted octanol–water partition coefficient (Wildman–Crippen LogP) is 2.95. The van der Waals surface area contributed by atoms with Crippen LogP contribution in [0.25, 0.3) is 0 Å². The number of piperidine rings is 1. The van der Waals surface area contributed by atoms with Crippen molar-refractivity contribution in [1.29, 1.82) is 0 Å². The molecule has 2 rings (SSSR count). The van der Waals surface area contributed by atoms with Crippen LogP contribution in [0, 0.1) is 5.92 Å². The lowest BCUT2D eigenvalue weighted by molar-refractivity contribution is 0.189. The Balaban J connectivity index is 0.00000180. The molecule has 0 bridgehead atoms. The van der Waals surface area contributed by atoms with E-state index in [0.717, 1.165) is 13.0 Å². The Morgan fingerprint density at radius 2 is 2.32 bits per heavy atom. The fraction of sp³-hybridized carbons (Fsp3) is 0.786. The highest BCUT2D eigenvalue weighted by molar-refractivity contribution is 7.11. The average Bonchev–Trinajstić information content (AvgIpc) is 2.76. The summed E-state index contributed by atoms with van der Waals surface area (Å²) in [6, 6.07) is 0.668. The van der Waals surface area contributed by atoms with E-state index < -0.39 is 0 Å². The van der Waals surface area contributed by atoms with Gasteiger partial charge in [-0.2, -0.15) is 0 Å². The number of nitrogens with zero attached hydrogens (tertiary/aromatic N) is 2. The summed E-state index contributed by atoms with van der Waals surface area (Å²) < 4.78 is 0. The first-order chi connectivity index (χ1) is 8.67. The third kappa shape index (κ3) is 5.38. The highest BCUT2D eigenvalue weighted by Gasteiger charge is 2.19. The number of likely N-dealkylation sites (tertiary alicyclic amines) is 1. The summed E-state index contributed by atoms with van der Waals surface area (Å²) in [4.78, 5) is 8.51. The van der Waals surface area contributed by atoms with Gasteiger partial charge in [0.05, 0.1) is 5.01 Å². The number of likely N-dealkylation sites (N-methyl/N-ethyl adjacent to an activating group) is 1. The maximum Gasteiger partial charge on any atom is 0.0930 e. The lowest BCUT2D eigenvalue weighted by Crippen LogP contribution is -2.43. The molecule has 1 N–H and O–H groups in total. The minimum Gasteiger partial charge on any atom is -0.316 e. The molecule has 1 atom stereocenters. The van der Waals surface area contributed by atoms with Crippen molar-refractivity contribution in [3.8, 4) is 0 Å². The molecule has 3 nitrogen and oxygen atoms in total. The second-order valence-electron chi connectivity index (χ2n) is 5.68. The van der Waals surface area contributed by atoms with Gasteiger partial charge in [-0.3, -0.25) is 4.90 Å². The second-order valence-corrected chi connectivity index (χ2v) is 6.88. The molecule has 1 fully saturated rings. The summed E-state index contributed by atoms with van der Waals surface area (Å²) in [5, 5.41) is 4.69. The molecule has 0 aliphatic carbocycles. The van der Waals surface area contributed by atoms with Crippen LogP contribution in [0.4, 0.5) is 0 Å². The van der Waals surface area contributed by atoms with Crippen LogP contribution in [0.1, 0.15) is 36.6 Å². The maximum atomic E-state index is 4.54. The van der Waals surface area contributed by atoms with Gasteiger partial charge in [-0.05, 0) is 32.4 Å². The van der Waals surface area contributed by atoms with Crippen LogP contribution < -0.4 is 5.32 Å². The predicted molar refractivity (Wildman–Crippen MR) is 85.3 cm³/mol. The van der Waals surface area contributed by atoms with Crippen molar-refractivity contribution < 1.29 is 0 Å². The van der Waals surface area contributed by atoms with E-state index in [2.05, 4.69) is 42.3 Å². The summed E-state index contributed by atoms with van der Waals surface area (Å²) >= 11 is 1.89. The van der Waals surface area contributed by atoms with Gasteiger partial charge in [0.2, 0.25) is 0 Å². The quantitative estimate of drug-likeness (QED) is 0.906. The lowest BCUT2D eigenvalue weighted by Gasteiger charge is -2.32. The molecule has 110 valence electrons. The van der Waals surface area contributed by atoms with Gasteiger partial charge >= 0.3 is 0 Å². The van der Waals surface area contributed by atoms with Crippen LogP contribution in [-0.2, 0) is 13.0 Å².